The minimum Gasteiger partial charge on any atom is -0.415 e. The SMILES string of the molecule is C1CCN(C2COC2)CC1.CN(C)c1cc(-c2cccnc2)c(F)cc1N(C=O)Cc1ccc(-c2nnc(C(F)F)o2)cn1. The highest BCUT2D eigenvalue weighted by molar-refractivity contribution is 5.87. The topological polar surface area (TPSA) is 101 Å². The quantitative estimate of drug-likeness (QED) is 0.232. The molecule has 3 aromatic heterocycles. The van der Waals surface area contributed by atoms with Crippen LogP contribution in [0.1, 0.15) is 37.3 Å². The van der Waals surface area contributed by atoms with Crippen molar-refractivity contribution < 1.29 is 27.1 Å². The van der Waals surface area contributed by atoms with Crippen LogP contribution in [0.15, 0.2) is 59.4 Å². The van der Waals surface area contributed by atoms with Crippen LogP contribution in [0.4, 0.5) is 24.5 Å². The molecule has 2 saturated heterocycles. The second-order valence-electron chi connectivity index (χ2n) is 10.8. The van der Waals surface area contributed by atoms with E-state index in [-0.39, 0.29) is 12.4 Å². The first-order valence-corrected chi connectivity index (χ1v) is 14.4. The summed E-state index contributed by atoms with van der Waals surface area (Å²) in [6.07, 6.45) is 6.50. The zero-order valence-corrected chi connectivity index (χ0v) is 24.6. The second kappa shape index (κ2) is 14.4. The van der Waals surface area contributed by atoms with E-state index in [9.17, 15) is 13.6 Å². The minimum atomic E-state index is -2.87. The Kier molecular flexibility index (Phi) is 10.2. The van der Waals surface area contributed by atoms with Crippen LogP contribution >= 0.6 is 0 Å². The Bertz CT molecular complexity index is 1510. The number of benzene rings is 1. The number of hydrogen-bond donors (Lipinski definition) is 0. The van der Waals surface area contributed by atoms with Gasteiger partial charge in [-0.25, -0.2) is 4.39 Å². The molecule has 1 amide bonds. The minimum absolute atomic E-state index is 0.0441. The third-order valence-corrected chi connectivity index (χ3v) is 7.51. The van der Waals surface area contributed by atoms with Crippen molar-refractivity contribution in [3.8, 4) is 22.6 Å². The van der Waals surface area contributed by atoms with Gasteiger partial charge in [0.1, 0.15) is 5.82 Å². The Morgan fingerprint density at radius 1 is 1.02 bits per heavy atom. The van der Waals surface area contributed by atoms with Gasteiger partial charge in [0, 0.05) is 49.9 Å². The molecule has 0 aliphatic carbocycles. The molecule has 5 heterocycles. The number of piperidine rings is 1. The van der Waals surface area contributed by atoms with Crippen LogP contribution in [0.25, 0.3) is 22.6 Å². The van der Waals surface area contributed by atoms with Gasteiger partial charge >= 0.3 is 6.43 Å². The first kappa shape index (κ1) is 31.1. The van der Waals surface area contributed by atoms with Crippen molar-refractivity contribution in [2.75, 3.05) is 50.2 Å². The largest absolute Gasteiger partial charge is 0.415 e. The van der Waals surface area contributed by atoms with E-state index in [4.69, 9.17) is 9.15 Å². The molecular weight excluding hydrogens is 575 g/mol. The van der Waals surface area contributed by atoms with Crippen LogP contribution in [-0.4, -0.2) is 77.9 Å². The van der Waals surface area contributed by atoms with Crippen LogP contribution in [0.3, 0.4) is 0 Å². The van der Waals surface area contributed by atoms with E-state index >= 15 is 4.39 Å². The fourth-order valence-electron chi connectivity index (χ4n) is 5.04. The predicted molar refractivity (Wildman–Crippen MR) is 159 cm³/mol. The van der Waals surface area contributed by atoms with Gasteiger partial charge in [0.05, 0.1) is 48.4 Å². The number of anilines is 2. The van der Waals surface area contributed by atoms with Crippen molar-refractivity contribution in [1.29, 1.82) is 0 Å². The average molecular weight is 610 g/mol. The number of hydrogen-bond acceptors (Lipinski definition) is 9. The summed E-state index contributed by atoms with van der Waals surface area (Å²) in [5.74, 6) is -1.38. The van der Waals surface area contributed by atoms with Gasteiger partial charge in [-0.1, -0.05) is 12.5 Å². The summed E-state index contributed by atoms with van der Waals surface area (Å²) in [6.45, 7) is 4.64. The lowest BCUT2D eigenvalue weighted by Crippen LogP contribution is -2.50. The van der Waals surface area contributed by atoms with Crippen molar-refractivity contribution in [3.05, 3.63) is 72.4 Å². The van der Waals surface area contributed by atoms with Gasteiger partial charge in [-0.15, -0.1) is 10.2 Å². The molecule has 2 aliphatic rings. The van der Waals surface area contributed by atoms with Crippen molar-refractivity contribution in [3.63, 3.8) is 0 Å². The fraction of sp³-hybridized carbons (Fsp3) is 0.387. The van der Waals surface area contributed by atoms with Crippen LogP contribution in [0.5, 0.6) is 0 Å². The zero-order valence-electron chi connectivity index (χ0n) is 24.6. The Labute approximate surface area is 253 Å². The molecule has 44 heavy (non-hydrogen) atoms. The summed E-state index contributed by atoms with van der Waals surface area (Å²) < 4.78 is 50.4. The molecule has 1 aromatic carbocycles. The molecule has 13 heteroatoms. The van der Waals surface area contributed by atoms with Gasteiger partial charge in [0.2, 0.25) is 12.3 Å². The summed E-state index contributed by atoms with van der Waals surface area (Å²) in [6, 6.07) is 10.4. The monoisotopic (exact) mass is 609 g/mol. The summed E-state index contributed by atoms with van der Waals surface area (Å²) in [5.41, 5.74) is 2.77. The molecule has 0 unspecified atom stereocenters. The molecule has 0 bridgehead atoms. The van der Waals surface area contributed by atoms with Gasteiger partial charge in [0.15, 0.2) is 0 Å². The molecule has 6 rings (SSSR count). The summed E-state index contributed by atoms with van der Waals surface area (Å²) in [4.78, 5) is 25.9. The summed E-state index contributed by atoms with van der Waals surface area (Å²) >= 11 is 0. The molecule has 0 saturated carbocycles. The lowest BCUT2D eigenvalue weighted by molar-refractivity contribution is -0.107. The third kappa shape index (κ3) is 7.40. The molecule has 232 valence electrons. The maximum Gasteiger partial charge on any atom is 0.314 e. The van der Waals surface area contributed by atoms with Gasteiger partial charge in [-0.3, -0.25) is 19.7 Å². The van der Waals surface area contributed by atoms with Crippen LogP contribution in [-0.2, 0) is 16.1 Å². The number of alkyl halides is 2. The van der Waals surface area contributed by atoms with Crippen molar-refractivity contribution in [2.24, 2.45) is 0 Å². The summed E-state index contributed by atoms with van der Waals surface area (Å²) in [5, 5.41) is 6.87. The van der Waals surface area contributed by atoms with E-state index in [0.29, 0.717) is 40.2 Å². The number of amides is 1. The third-order valence-electron chi connectivity index (χ3n) is 7.51. The lowest BCUT2D eigenvalue weighted by atomic mass is 10.0. The molecule has 0 atom stereocenters. The van der Waals surface area contributed by atoms with E-state index < -0.39 is 18.1 Å². The number of carbonyl (C=O) groups is 1. The number of pyridine rings is 2. The first-order chi connectivity index (χ1) is 21.3. The van der Waals surface area contributed by atoms with Crippen LogP contribution in [0, 0.1) is 5.82 Å². The Morgan fingerprint density at radius 2 is 1.82 bits per heavy atom. The number of carbonyl (C=O) groups excluding carboxylic acids is 1. The highest BCUT2D eigenvalue weighted by Gasteiger charge is 2.26. The van der Waals surface area contributed by atoms with Crippen molar-refractivity contribution in [2.45, 2.75) is 38.3 Å². The first-order valence-electron chi connectivity index (χ1n) is 14.4. The number of likely N-dealkylation sites (tertiary alicyclic amines) is 1. The number of rotatable bonds is 9. The maximum atomic E-state index is 15.0. The van der Waals surface area contributed by atoms with Gasteiger partial charge in [-0.05, 0) is 50.2 Å². The Hall–Kier alpha value is -4.36. The van der Waals surface area contributed by atoms with Crippen LogP contribution in [0.2, 0.25) is 0 Å². The molecule has 10 nitrogen and oxygen atoms in total. The van der Waals surface area contributed by atoms with E-state index in [1.807, 2.05) is 0 Å². The number of halogens is 3. The van der Waals surface area contributed by atoms with Crippen molar-refractivity contribution >= 4 is 17.8 Å². The van der Waals surface area contributed by atoms with Gasteiger partial charge in [-0.2, -0.15) is 8.78 Å². The predicted octanol–water partition coefficient (Wildman–Crippen LogP) is 5.37. The number of nitrogens with zero attached hydrogens (tertiary/aromatic N) is 7. The Morgan fingerprint density at radius 3 is 2.39 bits per heavy atom. The van der Waals surface area contributed by atoms with E-state index in [1.54, 1.807) is 61.7 Å². The molecular formula is C31H34F3N7O3. The highest BCUT2D eigenvalue weighted by atomic mass is 19.3. The normalized spacial score (nSPS) is 15.3. The highest BCUT2D eigenvalue weighted by Crippen LogP contribution is 2.35. The van der Waals surface area contributed by atoms with E-state index in [1.165, 1.54) is 49.5 Å². The van der Waals surface area contributed by atoms with Gasteiger partial charge < -0.3 is 19.0 Å². The molecule has 2 fully saturated rings. The molecule has 0 spiro atoms. The smallest absolute Gasteiger partial charge is 0.314 e. The molecule has 0 radical (unpaired) electrons. The van der Waals surface area contributed by atoms with E-state index in [2.05, 4.69) is 25.1 Å². The standard InChI is InChI=1S/C23H19F3N6O2.C8H15NO/c1-31(2)19-8-17(14-4-3-7-27-10-14)18(24)9-20(19)32(13-33)12-16-6-5-15(11-28-16)22-29-30-23(34-22)21(25)26;1-2-4-9(5-3-1)8-6-10-7-8/h3-11,13,21H,12H2,1-2H3;8H,1-7H2. The zero-order chi connectivity index (χ0) is 31.1. The average Bonchev–Trinajstić information content (AvgIpc) is 3.51. The Balaban J connectivity index is 0.000000322. The molecule has 0 N–H and O–H groups in total. The molecule has 2 aliphatic heterocycles. The number of aromatic nitrogens is 4. The maximum absolute atomic E-state index is 15.0. The van der Waals surface area contributed by atoms with Crippen molar-refractivity contribution in [1.82, 2.24) is 25.1 Å². The lowest BCUT2D eigenvalue weighted by Gasteiger charge is -2.39. The van der Waals surface area contributed by atoms with E-state index in [0.717, 1.165) is 19.3 Å². The number of ether oxygens (including phenoxy) is 1. The van der Waals surface area contributed by atoms with Gasteiger partial charge in [0.25, 0.3) is 5.89 Å². The fourth-order valence-corrected chi connectivity index (χ4v) is 5.04. The van der Waals surface area contributed by atoms with Crippen LogP contribution < -0.4 is 9.80 Å². The molecule has 4 aromatic rings. The second-order valence-corrected chi connectivity index (χ2v) is 10.8. The summed E-state index contributed by atoms with van der Waals surface area (Å²) in [7, 11) is 3.58.